The number of hydrogen-bond acceptors (Lipinski definition) is 4. The van der Waals surface area contributed by atoms with Crippen molar-refractivity contribution >= 4 is 41.9 Å². The number of halogens is 1. The molecule has 0 heterocycles. The number of amides is 2. The van der Waals surface area contributed by atoms with Crippen LogP contribution in [0.5, 0.6) is 0 Å². The number of carbonyl (C=O) groups excluding carboxylic acids is 2. The lowest BCUT2D eigenvalue weighted by Gasteiger charge is -2.25. The third kappa shape index (κ3) is 15.0. The van der Waals surface area contributed by atoms with Crippen LogP contribution in [-0.2, 0) is 9.53 Å². The van der Waals surface area contributed by atoms with Gasteiger partial charge in [-0.25, -0.2) is 9.79 Å². The van der Waals surface area contributed by atoms with Crippen molar-refractivity contribution in [2.75, 3.05) is 33.2 Å². The largest absolute Gasteiger partial charge is 0.444 e. The molecule has 154 valence electrons. The molecule has 0 aromatic carbocycles. The minimum absolute atomic E-state index is 0. The lowest BCUT2D eigenvalue weighted by molar-refractivity contribution is -0.121. The van der Waals surface area contributed by atoms with Crippen LogP contribution in [0.3, 0.4) is 0 Å². The van der Waals surface area contributed by atoms with Gasteiger partial charge in [-0.15, -0.1) is 24.0 Å². The van der Waals surface area contributed by atoms with Crippen molar-refractivity contribution in [2.45, 2.75) is 59.6 Å². The third-order valence-corrected chi connectivity index (χ3v) is 2.68. The molecule has 26 heavy (non-hydrogen) atoms. The fourth-order valence-electron chi connectivity index (χ4n) is 1.72. The lowest BCUT2D eigenvalue weighted by atomic mass is 10.1. The SMILES string of the molecule is CCNC(=NCC(=O)NC(C)(C)C)NCCN(C)C(=O)OC(C)(C)C.I. The van der Waals surface area contributed by atoms with E-state index in [2.05, 4.69) is 20.9 Å². The maximum atomic E-state index is 11.9. The molecule has 0 rings (SSSR count). The van der Waals surface area contributed by atoms with Crippen molar-refractivity contribution in [1.29, 1.82) is 0 Å². The predicted octanol–water partition coefficient (Wildman–Crippen LogP) is 1.94. The van der Waals surface area contributed by atoms with Crippen LogP contribution in [0, 0.1) is 0 Å². The highest BCUT2D eigenvalue weighted by Gasteiger charge is 2.19. The van der Waals surface area contributed by atoms with Crippen LogP contribution in [0.4, 0.5) is 4.79 Å². The molecule has 0 aliphatic heterocycles. The van der Waals surface area contributed by atoms with Gasteiger partial charge >= 0.3 is 6.09 Å². The molecule has 0 aromatic rings. The van der Waals surface area contributed by atoms with Crippen molar-refractivity contribution in [3.8, 4) is 0 Å². The van der Waals surface area contributed by atoms with E-state index in [9.17, 15) is 9.59 Å². The van der Waals surface area contributed by atoms with Gasteiger partial charge in [0.1, 0.15) is 12.1 Å². The van der Waals surface area contributed by atoms with E-state index in [0.717, 1.165) is 0 Å². The molecular formula is C17H36IN5O3. The normalized spacial score (nSPS) is 11.9. The van der Waals surface area contributed by atoms with Gasteiger partial charge in [0, 0.05) is 32.2 Å². The molecule has 0 aliphatic rings. The minimum atomic E-state index is -0.518. The quantitative estimate of drug-likeness (QED) is 0.304. The van der Waals surface area contributed by atoms with Gasteiger partial charge in [0.2, 0.25) is 5.91 Å². The van der Waals surface area contributed by atoms with Gasteiger partial charge in [0.05, 0.1) is 0 Å². The Morgan fingerprint density at radius 2 is 1.65 bits per heavy atom. The number of guanidine groups is 1. The Hall–Kier alpha value is -1.26. The van der Waals surface area contributed by atoms with Crippen molar-refractivity contribution < 1.29 is 14.3 Å². The minimum Gasteiger partial charge on any atom is -0.444 e. The van der Waals surface area contributed by atoms with Gasteiger partial charge in [-0.1, -0.05) is 0 Å². The van der Waals surface area contributed by atoms with Crippen LogP contribution in [-0.4, -0.2) is 67.2 Å². The van der Waals surface area contributed by atoms with Crippen LogP contribution in [0.1, 0.15) is 48.5 Å². The molecule has 0 fully saturated rings. The van der Waals surface area contributed by atoms with Crippen LogP contribution in [0.15, 0.2) is 4.99 Å². The Morgan fingerprint density at radius 1 is 1.08 bits per heavy atom. The molecule has 2 amide bonds. The second-order valence-corrected chi connectivity index (χ2v) is 7.82. The number of carbonyl (C=O) groups is 2. The Balaban J connectivity index is 0. The second-order valence-electron chi connectivity index (χ2n) is 7.82. The van der Waals surface area contributed by atoms with E-state index >= 15 is 0 Å². The van der Waals surface area contributed by atoms with Crippen molar-refractivity contribution in [2.24, 2.45) is 4.99 Å². The van der Waals surface area contributed by atoms with Gasteiger partial charge in [0.15, 0.2) is 5.96 Å². The van der Waals surface area contributed by atoms with E-state index in [0.29, 0.717) is 25.6 Å². The first-order chi connectivity index (χ1) is 11.3. The zero-order chi connectivity index (χ0) is 19.7. The first-order valence-corrected chi connectivity index (χ1v) is 8.61. The Morgan fingerprint density at radius 3 is 2.12 bits per heavy atom. The molecule has 0 bridgehead atoms. The summed E-state index contributed by atoms with van der Waals surface area (Å²) >= 11 is 0. The molecule has 0 saturated heterocycles. The van der Waals surface area contributed by atoms with Crippen LogP contribution in [0.2, 0.25) is 0 Å². The highest BCUT2D eigenvalue weighted by molar-refractivity contribution is 14.0. The number of likely N-dealkylation sites (N-methyl/N-ethyl adjacent to an activating group) is 1. The summed E-state index contributed by atoms with van der Waals surface area (Å²) in [5.74, 6) is 0.389. The molecule has 0 spiro atoms. The van der Waals surface area contributed by atoms with Gasteiger partial charge in [-0.2, -0.15) is 0 Å². The molecule has 3 N–H and O–H groups in total. The van der Waals surface area contributed by atoms with Crippen molar-refractivity contribution in [3.63, 3.8) is 0 Å². The molecule has 0 unspecified atom stereocenters. The zero-order valence-corrected chi connectivity index (χ0v) is 19.7. The number of ether oxygens (including phenoxy) is 1. The second kappa shape index (κ2) is 12.2. The number of nitrogens with zero attached hydrogens (tertiary/aromatic N) is 2. The summed E-state index contributed by atoms with van der Waals surface area (Å²) in [5, 5.41) is 9.02. The van der Waals surface area contributed by atoms with E-state index in [-0.39, 0.29) is 48.1 Å². The molecule has 0 radical (unpaired) electrons. The summed E-state index contributed by atoms with van der Waals surface area (Å²) in [5.41, 5.74) is -0.802. The van der Waals surface area contributed by atoms with E-state index in [1.54, 1.807) is 7.05 Å². The zero-order valence-electron chi connectivity index (χ0n) is 17.4. The predicted molar refractivity (Wildman–Crippen MR) is 116 cm³/mol. The van der Waals surface area contributed by atoms with Crippen LogP contribution in [0.25, 0.3) is 0 Å². The molecule has 0 aromatic heterocycles. The fourth-order valence-corrected chi connectivity index (χ4v) is 1.72. The van der Waals surface area contributed by atoms with Crippen LogP contribution < -0.4 is 16.0 Å². The van der Waals surface area contributed by atoms with E-state index in [1.807, 2.05) is 48.5 Å². The van der Waals surface area contributed by atoms with E-state index in [4.69, 9.17) is 4.74 Å². The molecule has 0 aliphatic carbocycles. The number of rotatable bonds is 6. The molecular weight excluding hydrogens is 449 g/mol. The highest BCUT2D eigenvalue weighted by atomic mass is 127. The summed E-state index contributed by atoms with van der Waals surface area (Å²) < 4.78 is 5.29. The molecule has 0 atom stereocenters. The Labute approximate surface area is 174 Å². The summed E-state index contributed by atoms with van der Waals surface area (Å²) in [6.45, 7) is 14.8. The first-order valence-electron chi connectivity index (χ1n) is 8.61. The number of aliphatic imine (C=N–C) groups is 1. The monoisotopic (exact) mass is 485 g/mol. The van der Waals surface area contributed by atoms with E-state index < -0.39 is 5.60 Å². The van der Waals surface area contributed by atoms with Gasteiger partial charge in [-0.3, -0.25) is 4.79 Å². The molecule has 0 saturated carbocycles. The first kappa shape index (κ1) is 27.0. The van der Waals surface area contributed by atoms with Crippen LogP contribution >= 0.6 is 24.0 Å². The fraction of sp³-hybridized carbons (Fsp3) is 0.824. The van der Waals surface area contributed by atoms with Gasteiger partial charge in [0.25, 0.3) is 0 Å². The summed E-state index contributed by atoms with van der Waals surface area (Å²) in [6, 6.07) is 0. The van der Waals surface area contributed by atoms with Gasteiger partial charge in [-0.05, 0) is 48.5 Å². The highest BCUT2D eigenvalue weighted by Crippen LogP contribution is 2.08. The smallest absolute Gasteiger partial charge is 0.410 e. The third-order valence-electron chi connectivity index (χ3n) is 2.68. The molecule has 8 nitrogen and oxygen atoms in total. The summed E-state index contributed by atoms with van der Waals surface area (Å²) in [6.07, 6.45) is -0.374. The summed E-state index contributed by atoms with van der Waals surface area (Å²) in [4.78, 5) is 29.5. The maximum Gasteiger partial charge on any atom is 0.410 e. The van der Waals surface area contributed by atoms with Crippen molar-refractivity contribution in [3.05, 3.63) is 0 Å². The van der Waals surface area contributed by atoms with Gasteiger partial charge < -0.3 is 25.6 Å². The topological polar surface area (TPSA) is 95.1 Å². The number of nitrogens with one attached hydrogen (secondary N) is 3. The summed E-state index contributed by atoms with van der Waals surface area (Å²) in [7, 11) is 1.68. The Kier molecular flexibility index (Phi) is 12.6. The molecule has 9 heteroatoms. The average molecular weight is 485 g/mol. The standard InChI is InChI=1S/C17H35N5O3.HI/c1-9-18-14(20-12-13(23)21-16(2,3)4)19-10-11-22(8)15(24)25-17(5,6)7;/h9-12H2,1-8H3,(H,21,23)(H2,18,19,20);1H. The average Bonchev–Trinajstić information content (AvgIpc) is 2.40. The van der Waals surface area contributed by atoms with Crippen molar-refractivity contribution in [1.82, 2.24) is 20.9 Å². The maximum absolute atomic E-state index is 11.9. The van der Waals surface area contributed by atoms with E-state index in [1.165, 1.54) is 4.90 Å². The number of hydrogen-bond donors (Lipinski definition) is 3. The lowest BCUT2D eigenvalue weighted by Crippen LogP contribution is -2.45. The Bertz CT molecular complexity index is 470.